The van der Waals surface area contributed by atoms with Crippen LogP contribution in [0.5, 0.6) is 5.75 Å². The SMILES string of the molecule is CCC(Oc1ccccc1C)C(=O)Nc1cccc(C(=O)NC(C)C)c1. The molecule has 2 N–H and O–H groups in total. The number of para-hydroxylation sites is 1. The van der Waals surface area contributed by atoms with Gasteiger partial charge in [-0.1, -0.05) is 31.2 Å². The second-order valence-corrected chi connectivity index (χ2v) is 6.48. The van der Waals surface area contributed by atoms with Gasteiger partial charge < -0.3 is 15.4 Å². The Morgan fingerprint density at radius 2 is 1.81 bits per heavy atom. The molecule has 2 rings (SSSR count). The maximum atomic E-state index is 12.6. The minimum Gasteiger partial charge on any atom is -0.480 e. The van der Waals surface area contributed by atoms with E-state index >= 15 is 0 Å². The summed E-state index contributed by atoms with van der Waals surface area (Å²) in [6.07, 6.45) is -0.0718. The Morgan fingerprint density at radius 1 is 1.08 bits per heavy atom. The molecule has 0 aliphatic heterocycles. The average molecular weight is 354 g/mol. The summed E-state index contributed by atoms with van der Waals surface area (Å²) in [6.45, 7) is 7.64. The first kappa shape index (κ1) is 19.5. The molecule has 2 amide bonds. The molecule has 5 heteroatoms. The van der Waals surface area contributed by atoms with E-state index in [1.54, 1.807) is 24.3 Å². The number of ether oxygens (including phenoxy) is 1. The second kappa shape index (κ2) is 9.04. The number of anilines is 1. The van der Waals surface area contributed by atoms with Crippen LogP contribution in [0.25, 0.3) is 0 Å². The van der Waals surface area contributed by atoms with Crippen LogP contribution in [0, 0.1) is 6.92 Å². The summed E-state index contributed by atoms with van der Waals surface area (Å²) < 4.78 is 5.87. The molecule has 2 aromatic carbocycles. The molecule has 1 unspecified atom stereocenters. The molecule has 0 radical (unpaired) electrons. The third-order valence-electron chi connectivity index (χ3n) is 3.84. The van der Waals surface area contributed by atoms with Crippen molar-refractivity contribution in [1.82, 2.24) is 5.32 Å². The van der Waals surface area contributed by atoms with Crippen LogP contribution < -0.4 is 15.4 Å². The van der Waals surface area contributed by atoms with Gasteiger partial charge >= 0.3 is 0 Å². The standard InChI is InChI=1S/C21H26N2O3/c1-5-18(26-19-12-7-6-9-15(19)4)21(25)23-17-11-8-10-16(13-17)20(24)22-14(2)3/h6-14,18H,5H2,1-4H3,(H,22,24)(H,23,25). The smallest absolute Gasteiger partial charge is 0.265 e. The molecular formula is C21H26N2O3. The molecule has 2 aromatic rings. The van der Waals surface area contributed by atoms with Gasteiger partial charge in [-0.05, 0) is 57.0 Å². The fourth-order valence-electron chi connectivity index (χ4n) is 2.47. The summed E-state index contributed by atoms with van der Waals surface area (Å²) in [5, 5.41) is 5.67. The normalized spacial score (nSPS) is 11.7. The van der Waals surface area contributed by atoms with Crippen LogP contribution in [-0.4, -0.2) is 24.0 Å². The van der Waals surface area contributed by atoms with Crippen LogP contribution in [0.3, 0.4) is 0 Å². The first-order chi connectivity index (χ1) is 12.4. The van der Waals surface area contributed by atoms with E-state index in [4.69, 9.17) is 4.74 Å². The predicted molar refractivity (Wildman–Crippen MR) is 104 cm³/mol. The molecule has 0 bridgehead atoms. The maximum absolute atomic E-state index is 12.6. The van der Waals surface area contributed by atoms with Crippen molar-refractivity contribution in [3.63, 3.8) is 0 Å². The fourth-order valence-corrected chi connectivity index (χ4v) is 2.47. The molecule has 5 nitrogen and oxygen atoms in total. The van der Waals surface area contributed by atoms with Crippen molar-refractivity contribution in [3.8, 4) is 5.75 Å². The van der Waals surface area contributed by atoms with E-state index in [0.717, 1.165) is 5.56 Å². The fraction of sp³-hybridized carbons (Fsp3) is 0.333. The molecule has 26 heavy (non-hydrogen) atoms. The number of aryl methyl sites for hydroxylation is 1. The van der Waals surface area contributed by atoms with Gasteiger partial charge in [0.05, 0.1) is 0 Å². The third-order valence-corrected chi connectivity index (χ3v) is 3.84. The molecule has 138 valence electrons. The van der Waals surface area contributed by atoms with Crippen molar-refractivity contribution in [2.24, 2.45) is 0 Å². The Hall–Kier alpha value is -2.82. The minimum atomic E-state index is -0.607. The van der Waals surface area contributed by atoms with E-state index in [2.05, 4.69) is 10.6 Å². The van der Waals surface area contributed by atoms with Crippen molar-refractivity contribution >= 4 is 17.5 Å². The van der Waals surface area contributed by atoms with Gasteiger partial charge in [-0.3, -0.25) is 9.59 Å². The van der Waals surface area contributed by atoms with Crippen molar-refractivity contribution in [1.29, 1.82) is 0 Å². The second-order valence-electron chi connectivity index (χ2n) is 6.48. The van der Waals surface area contributed by atoms with Crippen molar-refractivity contribution in [3.05, 3.63) is 59.7 Å². The van der Waals surface area contributed by atoms with Gasteiger partial charge in [0.2, 0.25) is 0 Å². The van der Waals surface area contributed by atoms with E-state index in [-0.39, 0.29) is 17.9 Å². The molecule has 0 aliphatic rings. The first-order valence-corrected chi connectivity index (χ1v) is 8.84. The number of hydrogen-bond donors (Lipinski definition) is 2. The highest BCUT2D eigenvalue weighted by Crippen LogP contribution is 2.20. The zero-order valence-electron chi connectivity index (χ0n) is 15.7. The minimum absolute atomic E-state index is 0.0488. The summed E-state index contributed by atoms with van der Waals surface area (Å²) in [6, 6.07) is 14.5. The van der Waals surface area contributed by atoms with Gasteiger partial charge in [0.25, 0.3) is 11.8 Å². The molecule has 1 atom stereocenters. The lowest BCUT2D eigenvalue weighted by Gasteiger charge is -2.19. The molecule has 0 saturated carbocycles. The summed E-state index contributed by atoms with van der Waals surface area (Å²) in [5.74, 6) is 0.288. The summed E-state index contributed by atoms with van der Waals surface area (Å²) >= 11 is 0. The Bertz CT molecular complexity index is 771. The number of rotatable bonds is 7. The van der Waals surface area contributed by atoms with E-state index < -0.39 is 6.10 Å². The molecular weight excluding hydrogens is 328 g/mol. The van der Waals surface area contributed by atoms with Crippen molar-refractivity contribution < 1.29 is 14.3 Å². The lowest BCUT2D eigenvalue weighted by molar-refractivity contribution is -0.122. The summed E-state index contributed by atoms with van der Waals surface area (Å²) in [7, 11) is 0. The highest BCUT2D eigenvalue weighted by atomic mass is 16.5. The highest BCUT2D eigenvalue weighted by molar-refractivity contribution is 5.98. The summed E-state index contributed by atoms with van der Waals surface area (Å²) in [4.78, 5) is 24.7. The molecule has 0 aliphatic carbocycles. The lowest BCUT2D eigenvalue weighted by atomic mass is 10.1. The van der Waals surface area contributed by atoms with E-state index in [1.165, 1.54) is 0 Å². The monoisotopic (exact) mass is 354 g/mol. The molecule has 0 heterocycles. The zero-order chi connectivity index (χ0) is 19.1. The molecule has 0 spiro atoms. The van der Waals surface area contributed by atoms with Crippen LogP contribution in [0.4, 0.5) is 5.69 Å². The first-order valence-electron chi connectivity index (χ1n) is 8.84. The topological polar surface area (TPSA) is 67.4 Å². The van der Waals surface area contributed by atoms with Crippen molar-refractivity contribution in [2.45, 2.75) is 46.3 Å². The number of benzene rings is 2. The quantitative estimate of drug-likeness (QED) is 0.792. The zero-order valence-corrected chi connectivity index (χ0v) is 15.7. The highest BCUT2D eigenvalue weighted by Gasteiger charge is 2.19. The van der Waals surface area contributed by atoms with Gasteiger partial charge in [-0.2, -0.15) is 0 Å². The van der Waals surface area contributed by atoms with E-state index in [0.29, 0.717) is 23.4 Å². The number of carbonyl (C=O) groups is 2. The molecule has 0 saturated heterocycles. The average Bonchev–Trinajstić information content (AvgIpc) is 2.60. The number of carbonyl (C=O) groups excluding carboxylic acids is 2. The van der Waals surface area contributed by atoms with Crippen LogP contribution in [0.2, 0.25) is 0 Å². The van der Waals surface area contributed by atoms with Crippen LogP contribution in [0.15, 0.2) is 48.5 Å². The predicted octanol–water partition coefficient (Wildman–Crippen LogP) is 3.93. The Kier molecular flexibility index (Phi) is 6.78. The lowest BCUT2D eigenvalue weighted by Crippen LogP contribution is -2.33. The largest absolute Gasteiger partial charge is 0.480 e. The van der Waals surface area contributed by atoms with Crippen LogP contribution in [0.1, 0.15) is 43.1 Å². The molecule has 0 fully saturated rings. The van der Waals surface area contributed by atoms with Gasteiger partial charge in [0.15, 0.2) is 6.10 Å². The number of nitrogens with one attached hydrogen (secondary N) is 2. The van der Waals surface area contributed by atoms with Gasteiger partial charge in [-0.15, -0.1) is 0 Å². The van der Waals surface area contributed by atoms with Crippen LogP contribution in [-0.2, 0) is 4.79 Å². The summed E-state index contributed by atoms with van der Waals surface area (Å²) in [5.41, 5.74) is 2.05. The van der Waals surface area contributed by atoms with E-state index in [1.807, 2.05) is 52.0 Å². The third kappa shape index (κ3) is 5.34. The van der Waals surface area contributed by atoms with Crippen molar-refractivity contribution in [2.75, 3.05) is 5.32 Å². The number of hydrogen-bond acceptors (Lipinski definition) is 3. The Labute approximate surface area is 154 Å². The Morgan fingerprint density at radius 3 is 2.46 bits per heavy atom. The Balaban J connectivity index is 2.08. The van der Waals surface area contributed by atoms with Gasteiger partial charge in [0.1, 0.15) is 5.75 Å². The van der Waals surface area contributed by atoms with Gasteiger partial charge in [-0.25, -0.2) is 0 Å². The van der Waals surface area contributed by atoms with E-state index in [9.17, 15) is 9.59 Å². The van der Waals surface area contributed by atoms with Crippen LogP contribution >= 0.6 is 0 Å². The molecule has 0 aromatic heterocycles. The number of amides is 2. The maximum Gasteiger partial charge on any atom is 0.265 e. The van der Waals surface area contributed by atoms with Gasteiger partial charge in [0, 0.05) is 17.3 Å².